The van der Waals surface area contributed by atoms with Crippen LogP contribution in [-0.4, -0.2) is 42.9 Å². The van der Waals surface area contributed by atoms with Gasteiger partial charge in [0.2, 0.25) is 5.91 Å². The van der Waals surface area contributed by atoms with Crippen LogP contribution in [0.15, 0.2) is 47.6 Å². The molecule has 0 unspecified atom stereocenters. The predicted molar refractivity (Wildman–Crippen MR) is 113 cm³/mol. The van der Waals surface area contributed by atoms with Gasteiger partial charge in [0.15, 0.2) is 11.0 Å². The number of aromatic nitrogens is 2. The molecule has 1 saturated heterocycles. The highest BCUT2D eigenvalue weighted by atomic mass is 35.5. The number of aromatic amines is 1. The number of fused-ring (bicyclic) bond motifs is 1. The van der Waals surface area contributed by atoms with Gasteiger partial charge < -0.3 is 15.0 Å². The summed E-state index contributed by atoms with van der Waals surface area (Å²) in [6.07, 6.45) is 0. The second-order valence-corrected chi connectivity index (χ2v) is 7.95. The Balaban J connectivity index is 1.46. The average Bonchev–Trinajstić information content (AvgIpc) is 3.03. The molecular formula is C20H22ClN4O2S+. The maximum absolute atomic E-state index is 12.6. The van der Waals surface area contributed by atoms with Gasteiger partial charge >= 0.3 is 5.16 Å². The summed E-state index contributed by atoms with van der Waals surface area (Å²) >= 11 is 7.91. The van der Waals surface area contributed by atoms with E-state index in [2.05, 4.69) is 25.8 Å². The van der Waals surface area contributed by atoms with Crippen LogP contribution < -0.4 is 14.8 Å². The average molecular weight is 418 g/mol. The monoisotopic (exact) mass is 417 g/mol. The molecule has 1 fully saturated rings. The lowest BCUT2D eigenvalue weighted by molar-refractivity contribution is -0.683. The van der Waals surface area contributed by atoms with Crippen molar-refractivity contribution in [2.75, 3.05) is 42.3 Å². The molecule has 2 heterocycles. The first kappa shape index (κ1) is 19.1. The minimum atomic E-state index is -0.0690. The number of amides is 1. The largest absolute Gasteiger partial charge is 0.378 e. The molecule has 2 N–H and O–H groups in total. The zero-order chi connectivity index (χ0) is 19.5. The minimum Gasteiger partial charge on any atom is -0.378 e. The van der Waals surface area contributed by atoms with Gasteiger partial charge in [-0.3, -0.25) is 4.79 Å². The second kappa shape index (κ2) is 8.43. The smallest absolute Gasteiger partial charge is 0.317 e. The van der Waals surface area contributed by atoms with Crippen LogP contribution in [0.2, 0.25) is 5.02 Å². The summed E-state index contributed by atoms with van der Waals surface area (Å²) in [6.45, 7) is 2.83. The van der Waals surface area contributed by atoms with Crippen molar-refractivity contribution in [2.24, 2.45) is 7.05 Å². The van der Waals surface area contributed by atoms with E-state index in [1.165, 1.54) is 11.8 Å². The zero-order valence-corrected chi connectivity index (χ0v) is 17.1. The van der Waals surface area contributed by atoms with Crippen LogP contribution in [0.1, 0.15) is 0 Å². The van der Waals surface area contributed by atoms with Crippen molar-refractivity contribution in [1.29, 1.82) is 0 Å². The fourth-order valence-corrected chi connectivity index (χ4v) is 4.47. The molecule has 6 nitrogen and oxygen atoms in total. The molecule has 0 radical (unpaired) electrons. The molecule has 0 aliphatic carbocycles. The molecule has 0 spiro atoms. The molecule has 2 aromatic carbocycles. The number of nitrogens with one attached hydrogen (secondary N) is 2. The van der Waals surface area contributed by atoms with Crippen LogP contribution in [0.3, 0.4) is 0 Å². The lowest BCUT2D eigenvalue weighted by atomic mass is 10.2. The van der Waals surface area contributed by atoms with Crippen LogP contribution >= 0.6 is 23.4 Å². The van der Waals surface area contributed by atoms with Gasteiger partial charge in [-0.1, -0.05) is 29.8 Å². The Kier molecular flexibility index (Phi) is 5.75. The number of halogens is 1. The van der Waals surface area contributed by atoms with Gasteiger partial charge in [0.25, 0.3) is 0 Å². The van der Waals surface area contributed by atoms with Gasteiger partial charge in [0.05, 0.1) is 42.4 Å². The number of anilines is 2. The van der Waals surface area contributed by atoms with E-state index in [0.717, 1.165) is 40.7 Å². The van der Waals surface area contributed by atoms with E-state index in [9.17, 15) is 4.79 Å². The Morgan fingerprint density at radius 2 is 2.04 bits per heavy atom. The highest BCUT2D eigenvalue weighted by molar-refractivity contribution is 7.99. The molecule has 1 aliphatic rings. The number of hydrogen-bond donors (Lipinski definition) is 2. The zero-order valence-electron chi connectivity index (χ0n) is 15.6. The van der Waals surface area contributed by atoms with Crippen molar-refractivity contribution in [2.45, 2.75) is 5.16 Å². The van der Waals surface area contributed by atoms with E-state index in [-0.39, 0.29) is 5.91 Å². The standard InChI is InChI=1S/C20H21ClN4O2S/c1-24-17-8-3-2-6-15(17)23-20(24)28-13-18(26)22-16-7-4-5-14(21)19(16)25-9-11-27-12-10-25/h2-8H,9-13H2,1H3,(H,22,26)/p+1. The number of imidazole rings is 1. The van der Waals surface area contributed by atoms with Crippen LogP contribution in [0, 0.1) is 0 Å². The summed E-state index contributed by atoms with van der Waals surface area (Å²) in [5, 5.41) is 4.60. The summed E-state index contributed by atoms with van der Waals surface area (Å²) in [5.74, 6) is 0.232. The molecule has 8 heteroatoms. The number of benzene rings is 2. The van der Waals surface area contributed by atoms with Gasteiger partial charge in [-0.05, 0) is 36.0 Å². The number of para-hydroxylation sites is 3. The number of nitrogens with zero attached hydrogens (tertiary/aromatic N) is 2. The first-order valence-electron chi connectivity index (χ1n) is 9.14. The van der Waals surface area contributed by atoms with Gasteiger partial charge in [0.1, 0.15) is 0 Å². The predicted octanol–water partition coefficient (Wildman–Crippen LogP) is 3.21. The van der Waals surface area contributed by atoms with Crippen molar-refractivity contribution >= 4 is 51.7 Å². The molecule has 3 aromatic rings. The van der Waals surface area contributed by atoms with Crippen LogP contribution in [0.5, 0.6) is 0 Å². The van der Waals surface area contributed by atoms with Crippen molar-refractivity contribution < 1.29 is 14.1 Å². The third kappa shape index (κ3) is 3.97. The van der Waals surface area contributed by atoms with Gasteiger partial charge in [-0.15, -0.1) is 0 Å². The summed E-state index contributed by atoms with van der Waals surface area (Å²) < 4.78 is 7.49. The number of rotatable bonds is 5. The maximum atomic E-state index is 12.6. The first-order valence-corrected chi connectivity index (χ1v) is 10.5. The molecule has 28 heavy (non-hydrogen) atoms. The van der Waals surface area contributed by atoms with Crippen LogP contribution in [-0.2, 0) is 16.6 Å². The fraction of sp³-hybridized carbons (Fsp3) is 0.300. The SMILES string of the molecule is C[n+]1c(SCC(=O)Nc2cccc(Cl)c2N2CCOCC2)[nH]c2ccccc21. The molecular weight excluding hydrogens is 396 g/mol. The van der Waals surface area contributed by atoms with Crippen molar-refractivity contribution in [3.05, 3.63) is 47.5 Å². The Morgan fingerprint density at radius 1 is 1.25 bits per heavy atom. The molecule has 4 rings (SSSR count). The van der Waals surface area contributed by atoms with Gasteiger partial charge in [0, 0.05) is 13.1 Å². The van der Waals surface area contributed by atoms with Gasteiger partial charge in [-0.25, -0.2) is 9.55 Å². The van der Waals surface area contributed by atoms with E-state index in [1.54, 1.807) is 0 Å². The van der Waals surface area contributed by atoms with E-state index in [0.29, 0.717) is 24.0 Å². The third-order valence-corrected chi connectivity index (χ3v) is 6.10. The van der Waals surface area contributed by atoms with Crippen molar-refractivity contribution in [1.82, 2.24) is 4.98 Å². The number of H-pyrrole nitrogens is 1. The highest BCUT2D eigenvalue weighted by Crippen LogP contribution is 2.34. The number of carbonyl (C=O) groups is 1. The summed E-state index contributed by atoms with van der Waals surface area (Å²) in [4.78, 5) is 18.1. The lowest BCUT2D eigenvalue weighted by Crippen LogP contribution is -2.37. The van der Waals surface area contributed by atoms with E-state index >= 15 is 0 Å². The van der Waals surface area contributed by atoms with Crippen molar-refractivity contribution in [3.8, 4) is 0 Å². The number of thioether (sulfide) groups is 1. The molecule has 0 bridgehead atoms. The number of morpholine rings is 1. The number of ether oxygens (including phenoxy) is 1. The molecule has 1 aliphatic heterocycles. The highest BCUT2D eigenvalue weighted by Gasteiger charge is 2.20. The topological polar surface area (TPSA) is 61.2 Å². The molecule has 0 atom stereocenters. The molecule has 1 aromatic heterocycles. The number of carbonyl (C=O) groups excluding carboxylic acids is 1. The quantitative estimate of drug-likeness (QED) is 0.494. The van der Waals surface area contributed by atoms with E-state index in [1.807, 2.05) is 43.4 Å². The van der Waals surface area contributed by atoms with Crippen LogP contribution in [0.4, 0.5) is 11.4 Å². The Hall–Kier alpha value is -2.22. The Bertz CT molecular complexity index is 1000. The van der Waals surface area contributed by atoms with Crippen LogP contribution in [0.25, 0.3) is 11.0 Å². The third-order valence-electron chi connectivity index (χ3n) is 4.74. The Labute approximate surface area is 172 Å². The second-order valence-electron chi connectivity index (χ2n) is 6.58. The summed E-state index contributed by atoms with van der Waals surface area (Å²) in [7, 11) is 1.99. The lowest BCUT2D eigenvalue weighted by Gasteiger charge is -2.31. The van der Waals surface area contributed by atoms with E-state index in [4.69, 9.17) is 16.3 Å². The van der Waals surface area contributed by atoms with Crippen molar-refractivity contribution in [3.63, 3.8) is 0 Å². The fourth-order valence-electron chi connectivity index (χ4n) is 3.36. The molecule has 0 saturated carbocycles. The number of aryl methyl sites for hydroxylation is 1. The minimum absolute atomic E-state index is 0.0690. The number of hydrogen-bond acceptors (Lipinski definition) is 4. The van der Waals surface area contributed by atoms with Gasteiger partial charge in [-0.2, -0.15) is 0 Å². The molecule has 1 amide bonds. The summed E-state index contributed by atoms with van der Waals surface area (Å²) in [6, 6.07) is 13.7. The molecule has 146 valence electrons. The van der Waals surface area contributed by atoms with E-state index < -0.39 is 0 Å². The first-order chi connectivity index (χ1) is 13.6. The normalized spacial score (nSPS) is 14.4. The maximum Gasteiger partial charge on any atom is 0.317 e. The Morgan fingerprint density at radius 3 is 2.82 bits per heavy atom. The summed E-state index contributed by atoms with van der Waals surface area (Å²) in [5.41, 5.74) is 3.76.